The average molecular weight is 577 g/mol. The van der Waals surface area contributed by atoms with Gasteiger partial charge < -0.3 is 0 Å². The van der Waals surface area contributed by atoms with Crippen molar-refractivity contribution >= 4 is 95.9 Å². The molecule has 0 spiro atoms. The number of rotatable bonds is 0. The Balaban J connectivity index is 0. The molecule has 0 rings (SSSR count). The summed E-state index contributed by atoms with van der Waals surface area (Å²) in [5.74, 6) is 0. The van der Waals surface area contributed by atoms with Crippen LogP contribution in [0.15, 0.2) is 0 Å². The third-order valence-corrected chi connectivity index (χ3v) is 0. The Labute approximate surface area is 113 Å². The van der Waals surface area contributed by atoms with Crippen LogP contribution >= 0.6 is 95.9 Å². The van der Waals surface area contributed by atoms with Crippen molar-refractivity contribution in [1.82, 2.24) is 0 Å². The Morgan fingerprint density at radius 1 is 0.400 bits per heavy atom. The van der Waals surface area contributed by atoms with E-state index in [9.17, 15) is 0 Å². The number of hydrogen-bond acceptors (Lipinski definition) is 0. The molecule has 5 heavy (non-hydrogen) atoms. The van der Waals surface area contributed by atoms with Crippen molar-refractivity contribution in [3.63, 3.8) is 0 Å². The first-order valence-corrected chi connectivity index (χ1v) is 0. The summed E-state index contributed by atoms with van der Waals surface area (Å²) in [6.45, 7) is 0. The van der Waals surface area contributed by atoms with Gasteiger partial charge in [-0.3, -0.25) is 0 Å². The van der Waals surface area contributed by atoms with Gasteiger partial charge in [-0.05, 0) is 0 Å². The van der Waals surface area contributed by atoms with E-state index in [0.29, 0.717) is 0 Å². The van der Waals surface area contributed by atoms with Gasteiger partial charge in [0.2, 0.25) is 0 Å². The molecule has 0 fully saturated rings. The molecule has 0 atom stereocenters. The van der Waals surface area contributed by atoms with Gasteiger partial charge in [-0.1, -0.05) is 0 Å². The molecule has 0 nitrogen and oxygen atoms in total. The minimum absolute atomic E-state index is 0. The number of hydrogen-bond donors (Lipinski definition) is 0. The SMILES string of the molecule is I.I.I.I.[Zn]. The summed E-state index contributed by atoms with van der Waals surface area (Å²) in [6.07, 6.45) is 0. The van der Waals surface area contributed by atoms with Crippen LogP contribution in [0, 0.1) is 0 Å². The van der Waals surface area contributed by atoms with Gasteiger partial charge in [0.15, 0.2) is 0 Å². The molecule has 0 unspecified atom stereocenters. The largest absolute Gasteiger partial charge is 0.107 e. The topological polar surface area (TPSA) is 0 Å². The first-order chi connectivity index (χ1) is 0. The molecule has 0 N–H and O–H groups in total. The van der Waals surface area contributed by atoms with Crippen molar-refractivity contribution in [2.24, 2.45) is 0 Å². The molecule has 0 saturated carbocycles. The monoisotopic (exact) mass is 576 g/mol. The summed E-state index contributed by atoms with van der Waals surface area (Å²) in [5, 5.41) is 0. The summed E-state index contributed by atoms with van der Waals surface area (Å²) in [4.78, 5) is 0. The van der Waals surface area contributed by atoms with Crippen LogP contribution in [0.2, 0.25) is 0 Å². The Bertz CT molecular complexity index is 3.61. The number of halogens is 4. The summed E-state index contributed by atoms with van der Waals surface area (Å²) in [6, 6.07) is 0. The van der Waals surface area contributed by atoms with Crippen molar-refractivity contribution < 1.29 is 19.5 Å². The molecule has 0 radical (unpaired) electrons. The second-order valence-electron chi connectivity index (χ2n) is 0. The molecule has 0 aromatic carbocycles. The average Bonchev–Trinajstić information content (AvgIpc) is 0. The van der Waals surface area contributed by atoms with E-state index < -0.39 is 0 Å². The molecule has 0 saturated heterocycles. The maximum atomic E-state index is 0. The summed E-state index contributed by atoms with van der Waals surface area (Å²) in [5.41, 5.74) is 0. The normalized spacial score (nSPS) is 0. The van der Waals surface area contributed by atoms with Crippen LogP contribution in [0.5, 0.6) is 0 Å². The van der Waals surface area contributed by atoms with Crippen LogP contribution < -0.4 is 0 Å². The molecular formula is H4I4Zn. The Kier molecular flexibility index (Phi) is 199. The predicted molar refractivity (Wildman–Crippen MR) is 61.7 cm³/mol. The van der Waals surface area contributed by atoms with Crippen molar-refractivity contribution in [2.75, 3.05) is 0 Å². The van der Waals surface area contributed by atoms with Crippen LogP contribution in [0.25, 0.3) is 0 Å². The predicted octanol–water partition coefficient (Wildman–Crippen LogP) is 2.47. The van der Waals surface area contributed by atoms with Crippen molar-refractivity contribution in [3.8, 4) is 0 Å². The maximum absolute atomic E-state index is 0. The summed E-state index contributed by atoms with van der Waals surface area (Å²) < 4.78 is 0. The van der Waals surface area contributed by atoms with E-state index in [-0.39, 0.29) is 115 Å². The van der Waals surface area contributed by atoms with Crippen LogP contribution in [0.4, 0.5) is 0 Å². The molecule has 34 valence electrons. The van der Waals surface area contributed by atoms with Crippen LogP contribution in [-0.2, 0) is 19.5 Å². The summed E-state index contributed by atoms with van der Waals surface area (Å²) >= 11 is 0. The second-order valence-corrected chi connectivity index (χ2v) is 0. The third kappa shape index (κ3) is 18.5. The van der Waals surface area contributed by atoms with Gasteiger partial charge in [0, 0.05) is 19.5 Å². The Morgan fingerprint density at radius 2 is 0.400 bits per heavy atom. The molecule has 0 aliphatic rings. The molecule has 0 bridgehead atoms. The van der Waals surface area contributed by atoms with Gasteiger partial charge in [0.1, 0.15) is 0 Å². The van der Waals surface area contributed by atoms with Crippen LogP contribution in [0.3, 0.4) is 0 Å². The van der Waals surface area contributed by atoms with Crippen molar-refractivity contribution in [3.05, 3.63) is 0 Å². The molecule has 0 aromatic heterocycles. The zero-order valence-electron chi connectivity index (χ0n) is 2.34. The van der Waals surface area contributed by atoms with E-state index in [4.69, 9.17) is 0 Å². The van der Waals surface area contributed by atoms with Gasteiger partial charge in [0.05, 0.1) is 0 Å². The quantitative estimate of drug-likeness (QED) is 0.307. The molecule has 0 aliphatic carbocycles. The fraction of sp³-hybridized carbons (Fsp3) is 0. The van der Waals surface area contributed by atoms with E-state index in [2.05, 4.69) is 0 Å². The first kappa shape index (κ1) is 38.7. The van der Waals surface area contributed by atoms with Crippen LogP contribution in [0.1, 0.15) is 0 Å². The van der Waals surface area contributed by atoms with Crippen molar-refractivity contribution in [1.29, 1.82) is 0 Å². The smallest absolute Gasteiger partial charge is 0 e. The van der Waals surface area contributed by atoms with Crippen molar-refractivity contribution in [2.45, 2.75) is 0 Å². The first-order valence-electron chi connectivity index (χ1n) is 0. The Hall–Kier alpha value is 3.54. The second kappa shape index (κ2) is 25.7. The fourth-order valence-corrected chi connectivity index (χ4v) is 0. The molecule has 0 aliphatic heterocycles. The van der Waals surface area contributed by atoms with Gasteiger partial charge in [0.25, 0.3) is 0 Å². The molecule has 0 heterocycles. The van der Waals surface area contributed by atoms with E-state index in [0.717, 1.165) is 0 Å². The Morgan fingerprint density at radius 3 is 0.400 bits per heavy atom. The zero-order chi connectivity index (χ0) is 0. The third-order valence-electron chi connectivity index (χ3n) is 0. The van der Waals surface area contributed by atoms with Gasteiger partial charge >= 0.3 is 0 Å². The van der Waals surface area contributed by atoms with E-state index >= 15 is 0 Å². The minimum atomic E-state index is 0. The summed E-state index contributed by atoms with van der Waals surface area (Å²) in [7, 11) is 0. The molecule has 5 heteroatoms. The molecular weight excluding hydrogens is 573 g/mol. The maximum Gasteiger partial charge on any atom is 0 e. The zero-order valence-corrected chi connectivity index (χ0v) is 14.6. The molecule has 0 amide bonds. The minimum Gasteiger partial charge on any atom is -0.107 e. The molecule has 0 aromatic rings. The standard InChI is InChI=1S/4HI.Zn/h4*1H;. The van der Waals surface area contributed by atoms with Gasteiger partial charge in [-0.2, -0.15) is 0 Å². The van der Waals surface area contributed by atoms with Crippen LogP contribution in [-0.4, -0.2) is 0 Å². The van der Waals surface area contributed by atoms with Gasteiger partial charge in [-0.15, -0.1) is 95.9 Å². The van der Waals surface area contributed by atoms with E-state index in [1.165, 1.54) is 0 Å². The van der Waals surface area contributed by atoms with Gasteiger partial charge in [-0.25, -0.2) is 0 Å². The fourth-order valence-electron chi connectivity index (χ4n) is 0. The van der Waals surface area contributed by atoms with E-state index in [1.807, 2.05) is 0 Å². The van der Waals surface area contributed by atoms with E-state index in [1.54, 1.807) is 0 Å².